The number of benzene rings is 1. The molecule has 1 aliphatic rings. The third kappa shape index (κ3) is 4.45. The lowest BCUT2D eigenvalue weighted by Gasteiger charge is -2.26. The first-order valence-electron chi connectivity index (χ1n) is 6.89. The highest BCUT2D eigenvalue weighted by molar-refractivity contribution is 7.89. The Kier molecular flexibility index (Phi) is 5.43. The van der Waals surface area contributed by atoms with E-state index in [0.717, 1.165) is 31.4 Å². The summed E-state index contributed by atoms with van der Waals surface area (Å²) < 4.78 is 26.1. The predicted octanol–water partition coefficient (Wildman–Crippen LogP) is 2.24. The second-order valence-corrected chi connectivity index (χ2v) is 7.86. The molecular weight excluding hydrogens is 296 g/mol. The normalized spacial score (nSPS) is 20.2. The first kappa shape index (κ1) is 15.8. The van der Waals surface area contributed by atoms with E-state index in [1.54, 1.807) is 19.2 Å². The largest absolute Gasteiger partial charge is 0.313 e. The van der Waals surface area contributed by atoms with Gasteiger partial charge in [0.05, 0.1) is 5.75 Å². The number of halogens is 1. The number of rotatable bonds is 5. The standard InChI is InChI=1S/C14H21ClN2O2S/c1-17(10-12-5-7-13(15)8-6-12)20(18,19)11-14-4-2-3-9-16-14/h5-8,14,16H,2-4,9-11H2,1H3. The van der Waals surface area contributed by atoms with E-state index in [1.165, 1.54) is 4.31 Å². The molecule has 1 atom stereocenters. The van der Waals surface area contributed by atoms with Crippen molar-refractivity contribution in [1.29, 1.82) is 0 Å². The molecule has 6 heteroatoms. The van der Waals surface area contributed by atoms with Crippen LogP contribution in [0.4, 0.5) is 0 Å². The molecule has 0 amide bonds. The zero-order valence-electron chi connectivity index (χ0n) is 11.7. The van der Waals surface area contributed by atoms with Gasteiger partial charge in [-0.2, -0.15) is 0 Å². The van der Waals surface area contributed by atoms with Crippen molar-refractivity contribution < 1.29 is 8.42 Å². The van der Waals surface area contributed by atoms with Gasteiger partial charge < -0.3 is 5.32 Å². The van der Waals surface area contributed by atoms with Gasteiger partial charge in [0.2, 0.25) is 10.0 Å². The summed E-state index contributed by atoms with van der Waals surface area (Å²) in [7, 11) is -1.60. The summed E-state index contributed by atoms with van der Waals surface area (Å²) in [5.41, 5.74) is 0.942. The van der Waals surface area contributed by atoms with Crippen LogP contribution in [0.1, 0.15) is 24.8 Å². The van der Waals surface area contributed by atoms with Gasteiger partial charge >= 0.3 is 0 Å². The summed E-state index contributed by atoms with van der Waals surface area (Å²) in [5, 5.41) is 3.94. The van der Waals surface area contributed by atoms with Crippen LogP contribution in [-0.4, -0.2) is 38.1 Å². The highest BCUT2D eigenvalue weighted by Crippen LogP contribution is 2.15. The van der Waals surface area contributed by atoms with Crippen LogP contribution in [0.2, 0.25) is 5.02 Å². The smallest absolute Gasteiger partial charge is 0.215 e. The lowest BCUT2D eigenvalue weighted by molar-refractivity contribution is 0.408. The van der Waals surface area contributed by atoms with Crippen molar-refractivity contribution in [3.63, 3.8) is 0 Å². The van der Waals surface area contributed by atoms with Crippen molar-refractivity contribution in [2.24, 2.45) is 0 Å². The molecule has 0 bridgehead atoms. The quantitative estimate of drug-likeness (QED) is 0.906. The van der Waals surface area contributed by atoms with E-state index in [9.17, 15) is 8.42 Å². The van der Waals surface area contributed by atoms with Gasteiger partial charge in [-0.05, 0) is 37.1 Å². The van der Waals surface area contributed by atoms with Crippen LogP contribution in [-0.2, 0) is 16.6 Å². The van der Waals surface area contributed by atoms with Crippen molar-refractivity contribution in [2.45, 2.75) is 31.8 Å². The van der Waals surface area contributed by atoms with Crippen molar-refractivity contribution in [3.05, 3.63) is 34.9 Å². The molecule has 1 N–H and O–H groups in total. The van der Waals surface area contributed by atoms with Gasteiger partial charge in [-0.15, -0.1) is 0 Å². The molecule has 1 aromatic carbocycles. The summed E-state index contributed by atoms with van der Waals surface area (Å²) in [6.07, 6.45) is 3.18. The van der Waals surface area contributed by atoms with Crippen LogP contribution in [0.25, 0.3) is 0 Å². The molecule has 1 aromatic rings. The second-order valence-electron chi connectivity index (χ2n) is 5.31. The molecule has 4 nitrogen and oxygen atoms in total. The highest BCUT2D eigenvalue weighted by Gasteiger charge is 2.24. The van der Waals surface area contributed by atoms with E-state index in [0.29, 0.717) is 11.6 Å². The third-order valence-corrected chi connectivity index (χ3v) is 5.77. The van der Waals surface area contributed by atoms with Crippen LogP contribution in [0.3, 0.4) is 0 Å². The van der Waals surface area contributed by atoms with Gasteiger partial charge in [-0.1, -0.05) is 30.2 Å². The minimum atomic E-state index is -3.23. The molecule has 1 heterocycles. The van der Waals surface area contributed by atoms with E-state index >= 15 is 0 Å². The topological polar surface area (TPSA) is 49.4 Å². The Balaban J connectivity index is 1.95. The molecule has 0 spiro atoms. The van der Waals surface area contributed by atoms with Crippen LogP contribution in [0.5, 0.6) is 0 Å². The summed E-state index contributed by atoms with van der Waals surface area (Å²) >= 11 is 5.83. The highest BCUT2D eigenvalue weighted by atomic mass is 35.5. The number of hydrogen-bond acceptors (Lipinski definition) is 3. The minimum Gasteiger partial charge on any atom is -0.313 e. The van der Waals surface area contributed by atoms with Crippen molar-refractivity contribution in [3.8, 4) is 0 Å². The van der Waals surface area contributed by atoms with E-state index in [4.69, 9.17) is 11.6 Å². The molecule has 1 saturated heterocycles. The van der Waals surface area contributed by atoms with Crippen LogP contribution < -0.4 is 5.32 Å². The van der Waals surface area contributed by atoms with Gasteiger partial charge in [0.15, 0.2) is 0 Å². The Morgan fingerprint density at radius 3 is 2.60 bits per heavy atom. The van der Waals surface area contributed by atoms with Gasteiger partial charge in [-0.25, -0.2) is 12.7 Å². The van der Waals surface area contributed by atoms with Crippen molar-refractivity contribution in [1.82, 2.24) is 9.62 Å². The van der Waals surface area contributed by atoms with Crippen LogP contribution >= 0.6 is 11.6 Å². The molecule has 2 rings (SSSR count). The Labute approximate surface area is 126 Å². The molecule has 0 aliphatic carbocycles. The van der Waals surface area contributed by atoms with E-state index in [1.807, 2.05) is 12.1 Å². The van der Waals surface area contributed by atoms with Crippen molar-refractivity contribution in [2.75, 3.05) is 19.3 Å². The average molecular weight is 317 g/mol. The average Bonchev–Trinajstić information content (AvgIpc) is 2.42. The fourth-order valence-corrected chi connectivity index (χ4v) is 3.91. The first-order chi connectivity index (χ1) is 9.47. The first-order valence-corrected chi connectivity index (χ1v) is 8.88. The van der Waals surface area contributed by atoms with E-state index in [-0.39, 0.29) is 11.8 Å². The molecule has 0 radical (unpaired) electrons. The summed E-state index contributed by atoms with van der Waals surface area (Å²) in [6, 6.07) is 7.35. The van der Waals surface area contributed by atoms with Crippen LogP contribution in [0.15, 0.2) is 24.3 Å². The molecular formula is C14H21ClN2O2S. The van der Waals surface area contributed by atoms with E-state index in [2.05, 4.69) is 5.32 Å². The van der Waals surface area contributed by atoms with E-state index < -0.39 is 10.0 Å². The molecule has 1 aliphatic heterocycles. The summed E-state index contributed by atoms with van der Waals surface area (Å²) in [5.74, 6) is 0.178. The number of piperidine rings is 1. The third-order valence-electron chi connectivity index (χ3n) is 3.62. The Bertz CT molecular complexity index is 525. The Morgan fingerprint density at radius 1 is 1.30 bits per heavy atom. The zero-order chi connectivity index (χ0) is 14.6. The van der Waals surface area contributed by atoms with Crippen molar-refractivity contribution >= 4 is 21.6 Å². The second kappa shape index (κ2) is 6.89. The van der Waals surface area contributed by atoms with Gasteiger partial charge in [0, 0.05) is 24.7 Å². The fourth-order valence-electron chi connectivity index (χ4n) is 2.39. The predicted molar refractivity (Wildman–Crippen MR) is 82.3 cm³/mol. The summed E-state index contributed by atoms with van der Waals surface area (Å²) in [6.45, 7) is 1.30. The minimum absolute atomic E-state index is 0.0846. The number of sulfonamides is 1. The van der Waals surface area contributed by atoms with Crippen LogP contribution in [0, 0.1) is 0 Å². The van der Waals surface area contributed by atoms with Gasteiger partial charge in [-0.3, -0.25) is 0 Å². The number of nitrogens with zero attached hydrogens (tertiary/aromatic N) is 1. The fraction of sp³-hybridized carbons (Fsp3) is 0.571. The summed E-state index contributed by atoms with van der Waals surface area (Å²) in [4.78, 5) is 0. The maximum absolute atomic E-state index is 12.3. The van der Waals surface area contributed by atoms with Gasteiger partial charge in [0.1, 0.15) is 0 Å². The Hall–Kier alpha value is -0.620. The maximum atomic E-state index is 12.3. The molecule has 1 unspecified atom stereocenters. The number of hydrogen-bond donors (Lipinski definition) is 1. The lowest BCUT2D eigenvalue weighted by Crippen LogP contribution is -2.43. The molecule has 0 aromatic heterocycles. The number of nitrogens with one attached hydrogen (secondary N) is 1. The zero-order valence-corrected chi connectivity index (χ0v) is 13.3. The molecule has 112 valence electrons. The lowest BCUT2D eigenvalue weighted by atomic mass is 10.1. The molecule has 0 saturated carbocycles. The van der Waals surface area contributed by atoms with Gasteiger partial charge in [0.25, 0.3) is 0 Å². The maximum Gasteiger partial charge on any atom is 0.215 e. The Morgan fingerprint density at radius 2 is 2.00 bits per heavy atom. The molecule has 20 heavy (non-hydrogen) atoms. The SMILES string of the molecule is CN(Cc1ccc(Cl)cc1)S(=O)(=O)CC1CCCCN1. The molecule has 1 fully saturated rings. The monoisotopic (exact) mass is 316 g/mol.